The molecule has 96 valence electrons. The third-order valence-electron chi connectivity index (χ3n) is 5.22. The highest BCUT2D eigenvalue weighted by Crippen LogP contribution is 2.40. The average Bonchev–Trinajstić information content (AvgIpc) is 3.23. The van der Waals surface area contributed by atoms with Crippen molar-refractivity contribution < 1.29 is 4.74 Å². The summed E-state index contributed by atoms with van der Waals surface area (Å²) in [5.41, 5.74) is 0.0524. The molecule has 2 aliphatic heterocycles. The van der Waals surface area contributed by atoms with Gasteiger partial charge >= 0.3 is 0 Å². The first-order valence-electron chi connectivity index (χ1n) is 7.48. The molecule has 17 heavy (non-hydrogen) atoms. The molecule has 2 heterocycles. The summed E-state index contributed by atoms with van der Waals surface area (Å²) in [4.78, 5) is 2.67. The van der Waals surface area contributed by atoms with Crippen molar-refractivity contribution in [3.8, 4) is 0 Å². The van der Waals surface area contributed by atoms with Crippen molar-refractivity contribution in [2.75, 3.05) is 26.2 Å². The van der Waals surface area contributed by atoms with E-state index < -0.39 is 0 Å². The lowest BCUT2D eigenvalue weighted by atomic mass is 9.94. The van der Waals surface area contributed by atoms with Crippen LogP contribution in [0.25, 0.3) is 0 Å². The molecule has 4 rings (SSSR count). The van der Waals surface area contributed by atoms with Crippen LogP contribution in [0.5, 0.6) is 0 Å². The third-order valence-corrected chi connectivity index (χ3v) is 5.22. The molecular formula is C14H24N2O. The van der Waals surface area contributed by atoms with E-state index in [9.17, 15) is 0 Å². The van der Waals surface area contributed by atoms with Gasteiger partial charge in [0.2, 0.25) is 0 Å². The van der Waals surface area contributed by atoms with E-state index in [1.54, 1.807) is 0 Å². The van der Waals surface area contributed by atoms with Gasteiger partial charge in [0.1, 0.15) is 5.72 Å². The molecule has 1 atom stereocenters. The number of nitrogens with zero attached hydrogens (tertiary/aromatic N) is 1. The normalized spacial score (nSPS) is 38.5. The van der Waals surface area contributed by atoms with Crippen LogP contribution in [0.4, 0.5) is 0 Å². The second-order valence-corrected chi connectivity index (χ2v) is 6.55. The van der Waals surface area contributed by atoms with Gasteiger partial charge in [-0.25, -0.2) is 0 Å². The van der Waals surface area contributed by atoms with Gasteiger partial charge in [0, 0.05) is 38.5 Å². The summed E-state index contributed by atoms with van der Waals surface area (Å²) < 4.78 is 6.23. The third kappa shape index (κ3) is 2.13. The van der Waals surface area contributed by atoms with Crippen LogP contribution in [0.15, 0.2) is 0 Å². The molecule has 4 aliphatic rings. The molecule has 2 saturated heterocycles. The number of nitrogens with one attached hydrogen (secondary N) is 1. The average molecular weight is 236 g/mol. The SMILES string of the molecule is C1CC1C1CNC2(CCN(C3CC3)CC2)OC1. The summed E-state index contributed by atoms with van der Waals surface area (Å²) in [5.74, 6) is 1.79. The number of likely N-dealkylation sites (tertiary alicyclic amines) is 1. The smallest absolute Gasteiger partial charge is 0.121 e. The highest BCUT2D eigenvalue weighted by Gasteiger charge is 2.44. The maximum absolute atomic E-state index is 6.23. The monoisotopic (exact) mass is 236 g/mol. The molecule has 1 spiro atoms. The highest BCUT2D eigenvalue weighted by molar-refractivity contribution is 4.96. The van der Waals surface area contributed by atoms with Gasteiger partial charge in [-0.1, -0.05) is 0 Å². The Morgan fingerprint density at radius 3 is 2.29 bits per heavy atom. The number of piperidine rings is 1. The molecule has 3 heteroatoms. The maximum atomic E-state index is 6.23. The van der Waals surface area contributed by atoms with Gasteiger partial charge in [-0.05, 0) is 37.5 Å². The summed E-state index contributed by atoms with van der Waals surface area (Å²) in [7, 11) is 0. The lowest BCUT2D eigenvalue weighted by molar-refractivity contribution is -0.146. The van der Waals surface area contributed by atoms with Gasteiger partial charge < -0.3 is 9.64 Å². The van der Waals surface area contributed by atoms with Gasteiger partial charge in [0.15, 0.2) is 0 Å². The van der Waals surface area contributed by atoms with Gasteiger partial charge in [0.05, 0.1) is 6.61 Å². The number of hydrogen-bond acceptors (Lipinski definition) is 3. The van der Waals surface area contributed by atoms with Crippen LogP contribution in [0, 0.1) is 11.8 Å². The van der Waals surface area contributed by atoms with E-state index in [-0.39, 0.29) is 5.72 Å². The first-order valence-corrected chi connectivity index (χ1v) is 7.48. The van der Waals surface area contributed by atoms with Crippen molar-refractivity contribution in [2.24, 2.45) is 11.8 Å². The fourth-order valence-corrected chi connectivity index (χ4v) is 3.58. The number of rotatable bonds is 2. The molecule has 2 saturated carbocycles. The minimum atomic E-state index is 0.0524. The van der Waals surface area contributed by atoms with Crippen molar-refractivity contribution in [1.29, 1.82) is 0 Å². The summed E-state index contributed by atoms with van der Waals surface area (Å²) in [6.45, 7) is 4.70. The molecule has 0 aromatic rings. The fourth-order valence-electron chi connectivity index (χ4n) is 3.58. The van der Waals surface area contributed by atoms with Crippen molar-refractivity contribution in [1.82, 2.24) is 10.2 Å². The number of ether oxygens (including phenoxy) is 1. The lowest BCUT2D eigenvalue weighted by Crippen LogP contribution is -2.60. The van der Waals surface area contributed by atoms with E-state index in [1.165, 1.54) is 58.2 Å². The van der Waals surface area contributed by atoms with Crippen molar-refractivity contribution >= 4 is 0 Å². The Kier molecular flexibility index (Phi) is 2.50. The van der Waals surface area contributed by atoms with Gasteiger partial charge in [-0.3, -0.25) is 5.32 Å². The quantitative estimate of drug-likeness (QED) is 0.788. The Hall–Kier alpha value is -0.120. The van der Waals surface area contributed by atoms with Crippen LogP contribution in [-0.2, 0) is 4.74 Å². The van der Waals surface area contributed by atoms with E-state index in [4.69, 9.17) is 4.74 Å². The summed E-state index contributed by atoms with van der Waals surface area (Å²) in [6, 6.07) is 0.926. The Morgan fingerprint density at radius 2 is 1.76 bits per heavy atom. The molecular weight excluding hydrogens is 212 g/mol. The molecule has 0 amide bonds. The van der Waals surface area contributed by atoms with Crippen LogP contribution in [0.3, 0.4) is 0 Å². The molecule has 1 unspecified atom stereocenters. The maximum Gasteiger partial charge on any atom is 0.121 e. The predicted octanol–water partition coefficient (Wildman–Crippen LogP) is 1.59. The van der Waals surface area contributed by atoms with E-state index in [1.807, 2.05) is 0 Å². The van der Waals surface area contributed by atoms with Gasteiger partial charge in [-0.15, -0.1) is 0 Å². The van der Waals surface area contributed by atoms with E-state index >= 15 is 0 Å². The predicted molar refractivity (Wildman–Crippen MR) is 66.7 cm³/mol. The zero-order valence-electron chi connectivity index (χ0n) is 10.7. The standard InChI is InChI=1S/C14H24N2O/c1-2-11(1)12-9-15-14(17-10-12)5-7-16(8-6-14)13-3-4-13/h11-13,15H,1-10H2. The topological polar surface area (TPSA) is 24.5 Å². The van der Waals surface area contributed by atoms with E-state index in [2.05, 4.69) is 10.2 Å². The van der Waals surface area contributed by atoms with E-state index in [0.29, 0.717) is 0 Å². The van der Waals surface area contributed by atoms with Crippen LogP contribution < -0.4 is 5.32 Å². The fraction of sp³-hybridized carbons (Fsp3) is 1.00. The molecule has 4 fully saturated rings. The largest absolute Gasteiger partial charge is 0.360 e. The zero-order valence-corrected chi connectivity index (χ0v) is 10.7. The second kappa shape index (κ2) is 3.94. The van der Waals surface area contributed by atoms with Crippen molar-refractivity contribution in [2.45, 2.75) is 50.3 Å². The zero-order chi connectivity index (χ0) is 11.3. The van der Waals surface area contributed by atoms with Gasteiger partial charge in [-0.2, -0.15) is 0 Å². The minimum absolute atomic E-state index is 0.0524. The summed E-state index contributed by atoms with van der Waals surface area (Å²) >= 11 is 0. The van der Waals surface area contributed by atoms with Crippen LogP contribution in [0.2, 0.25) is 0 Å². The lowest BCUT2D eigenvalue weighted by Gasteiger charge is -2.46. The molecule has 0 aromatic heterocycles. The first kappa shape index (κ1) is 10.8. The molecule has 0 aromatic carbocycles. The molecule has 0 bridgehead atoms. The van der Waals surface area contributed by atoms with Crippen molar-refractivity contribution in [3.63, 3.8) is 0 Å². The molecule has 0 radical (unpaired) electrons. The Balaban J connectivity index is 1.32. The molecule has 3 nitrogen and oxygen atoms in total. The molecule has 1 N–H and O–H groups in total. The Morgan fingerprint density at radius 1 is 1.00 bits per heavy atom. The first-order chi connectivity index (χ1) is 8.35. The Bertz CT molecular complexity index is 249. The Labute approximate surface area is 104 Å². The minimum Gasteiger partial charge on any atom is -0.360 e. The summed E-state index contributed by atoms with van der Waals surface area (Å²) in [5, 5.41) is 3.74. The van der Waals surface area contributed by atoms with E-state index in [0.717, 1.165) is 24.5 Å². The van der Waals surface area contributed by atoms with Crippen LogP contribution >= 0.6 is 0 Å². The highest BCUT2D eigenvalue weighted by atomic mass is 16.5. The summed E-state index contributed by atoms with van der Waals surface area (Å²) in [6.07, 6.45) is 8.15. The van der Waals surface area contributed by atoms with Gasteiger partial charge in [0.25, 0.3) is 0 Å². The van der Waals surface area contributed by atoms with Crippen LogP contribution in [-0.4, -0.2) is 42.9 Å². The van der Waals surface area contributed by atoms with Crippen LogP contribution in [0.1, 0.15) is 38.5 Å². The number of hydrogen-bond donors (Lipinski definition) is 1. The molecule has 2 aliphatic carbocycles. The second-order valence-electron chi connectivity index (χ2n) is 6.55. The van der Waals surface area contributed by atoms with Crippen molar-refractivity contribution in [3.05, 3.63) is 0 Å².